The Morgan fingerprint density at radius 3 is 2.68 bits per heavy atom. The monoisotopic (exact) mass is 413 g/mol. The van der Waals surface area contributed by atoms with Crippen molar-refractivity contribution < 1.29 is 4.79 Å². The minimum atomic E-state index is -0.430. The second-order valence-corrected chi connectivity index (χ2v) is 8.13. The largest absolute Gasteiger partial charge is 0.324 e. The number of nitrogens with one attached hydrogen (secondary N) is 2. The summed E-state index contributed by atoms with van der Waals surface area (Å²) in [7, 11) is 0. The van der Waals surface area contributed by atoms with E-state index in [2.05, 4.69) is 20.9 Å². The molecule has 0 bridgehead atoms. The van der Waals surface area contributed by atoms with Crippen LogP contribution in [0.3, 0.4) is 0 Å². The number of rotatable bonds is 4. The first-order chi connectivity index (χ1) is 13.6. The molecule has 8 heteroatoms. The van der Waals surface area contributed by atoms with E-state index in [4.69, 9.17) is 11.6 Å². The van der Waals surface area contributed by atoms with Crippen LogP contribution in [0, 0.1) is 6.92 Å². The summed E-state index contributed by atoms with van der Waals surface area (Å²) in [5.41, 5.74) is 6.23. The van der Waals surface area contributed by atoms with Gasteiger partial charge in [0.15, 0.2) is 5.82 Å². The van der Waals surface area contributed by atoms with E-state index in [1.807, 2.05) is 54.9 Å². The summed E-state index contributed by atoms with van der Waals surface area (Å²) in [6.45, 7) is 4.07. The highest BCUT2D eigenvalue weighted by molar-refractivity contribution is 8.00. The molecule has 0 saturated carbocycles. The SMILES string of the molecule is CCc1nnc2n1N[C@H](c1ccc(C)cc1)[C@@H](C(=O)Nc1ccccc1Cl)S2. The number of amides is 1. The molecule has 6 nitrogen and oxygen atoms in total. The number of carbonyl (C=O) groups excluding carboxylic acids is 1. The van der Waals surface area contributed by atoms with Crippen LogP contribution in [0.2, 0.25) is 5.02 Å². The molecule has 144 valence electrons. The zero-order chi connectivity index (χ0) is 19.7. The summed E-state index contributed by atoms with van der Waals surface area (Å²) in [4.78, 5) is 13.2. The standard InChI is InChI=1S/C20H20ClN5OS/c1-3-16-23-24-20-26(16)25-17(13-10-8-12(2)9-11-13)18(28-20)19(27)22-15-7-5-4-6-14(15)21/h4-11,17-18,25H,3H2,1-2H3,(H,22,27)/t17-,18+/m1/s1. The maximum Gasteiger partial charge on any atom is 0.240 e. The van der Waals surface area contributed by atoms with Crippen LogP contribution in [-0.2, 0) is 11.2 Å². The average Bonchev–Trinajstić information content (AvgIpc) is 3.11. The lowest BCUT2D eigenvalue weighted by molar-refractivity contribution is -0.116. The fourth-order valence-corrected chi connectivity index (χ4v) is 4.40. The van der Waals surface area contributed by atoms with Gasteiger partial charge >= 0.3 is 0 Å². The minimum Gasteiger partial charge on any atom is -0.324 e. The number of aromatic nitrogens is 3. The van der Waals surface area contributed by atoms with E-state index in [1.165, 1.54) is 17.3 Å². The van der Waals surface area contributed by atoms with E-state index in [0.29, 0.717) is 15.9 Å². The van der Waals surface area contributed by atoms with Gasteiger partial charge in [-0.25, -0.2) is 4.68 Å². The second-order valence-electron chi connectivity index (χ2n) is 6.61. The summed E-state index contributed by atoms with van der Waals surface area (Å²) in [5.74, 6) is 0.702. The maximum atomic E-state index is 13.2. The Kier molecular flexibility index (Phi) is 5.28. The first-order valence-electron chi connectivity index (χ1n) is 9.06. The molecule has 1 aliphatic rings. The molecule has 2 aromatic carbocycles. The fourth-order valence-electron chi connectivity index (χ4n) is 3.12. The Bertz CT molecular complexity index is 1000. The Morgan fingerprint density at radius 1 is 1.21 bits per heavy atom. The van der Waals surface area contributed by atoms with Crippen LogP contribution in [0.15, 0.2) is 53.7 Å². The van der Waals surface area contributed by atoms with Crippen LogP contribution in [0.25, 0.3) is 0 Å². The number of halogens is 1. The van der Waals surface area contributed by atoms with E-state index < -0.39 is 5.25 Å². The van der Waals surface area contributed by atoms with Gasteiger partial charge in [0.2, 0.25) is 11.1 Å². The van der Waals surface area contributed by atoms with Crippen molar-refractivity contribution in [1.82, 2.24) is 14.9 Å². The van der Waals surface area contributed by atoms with Gasteiger partial charge in [-0.15, -0.1) is 10.2 Å². The molecule has 1 aromatic heterocycles. The number of carbonyl (C=O) groups is 1. The van der Waals surface area contributed by atoms with E-state index in [9.17, 15) is 4.79 Å². The molecular formula is C20H20ClN5OS. The lowest BCUT2D eigenvalue weighted by Gasteiger charge is -2.33. The third-order valence-corrected chi connectivity index (χ3v) is 6.19. The molecule has 1 amide bonds. The molecule has 0 aliphatic carbocycles. The molecule has 2 heterocycles. The van der Waals surface area contributed by atoms with Crippen molar-refractivity contribution in [3.8, 4) is 0 Å². The zero-order valence-corrected chi connectivity index (χ0v) is 17.1. The number of nitrogens with zero attached hydrogens (tertiary/aromatic N) is 3. The molecule has 0 unspecified atom stereocenters. The van der Waals surface area contributed by atoms with Gasteiger partial charge in [0.25, 0.3) is 0 Å². The zero-order valence-electron chi connectivity index (χ0n) is 15.5. The van der Waals surface area contributed by atoms with Crippen LogP contribution >= 0.6 is 23.4 Å². The van der Waals surface area contributed by atoms with Crippen molar-refractivity contribution in [2.45, 2.75) is 36.7 Å². The summed E-state index contributed by atoms with van der Waals surface area (Å²) in [6, 6.07) is 15.2. The van der Waals surface area contributed by atoms with Crippen molar-refractivity contribution in [1.29, 1.82) is 0 Å². The molecule has 0 spiro atoms. The van der Waals surface area contributed by atoms with E-state index in [1.54, 1.807) is 12.1 Å². The van der Waals surface area contributed by atoms with Gasteiger partial charge < -0.3 is 10.7 Å². The topological polar surface area (TPSA) is 71.8 Å². The number of hydrogen-bond acceptors (Lipinski definition) is 5. The average molecular weight is 414 g/mol. The van der Waals surface area contributed by atoms with Crippen molar-refractivity contribution in [3.05, 3.63) is 70.5 Å². The van der Waals surface area contributed by atoms with Crippen LogP contribution < -0.4 is 10.7 Å². The summed E-state index contributed by atoms with van der Waals surface area (Å²) in [6.07, 6.45) is 0.748. The highest BCUT2D eigenvalue weighted by Gasteiger charge is 2.37. The number of para-hydroxylation sites is 1. The number of aryl methyl sites for hydroxylation is 2. The third-order valence-electron chi connectivity index (χ3n) is 4.65. The number of hydrogen-bond donors (Lipinski definition) is 2. The van der Waals surface area contributed by atoms with Gasteiger partial charge in [-0.1, -0.05) is 72.2 Å². The normalized spacial score (nSPS) is 18.2. The van der Waals surface area contributed by atoms with Crippen molar-refractivity contribution in [2.24, 2.45) is 0 Å². The lowest BCUT2D eigenvalue weighted by atomic mass is 10.0. The van der Waals surface area contributed by atoms with E-state index in [0.717, 1.165) is 17.8 Å². The molecule has 1 aliphatic heterocycles. The molecule has 3 aromatic rings. The van der Waals surface area contributed by atoms with Crippen LogP contribution in [-0.4, -0.2) is 26.0 Å². The van der Waals surface area contributed by atoms with Crippen molar-refractivity contribution in [3.63, 3.8) is 0 Å². The van der Waals surface area contributed by atoms with Crippen LogP contribution in [0.4, 0.5) is 5.69 Å². The van der Waals surface area contributed by atoms with Gasteiger partial charge in [-0.3, -0.25) is 4.79 Å². The smallest absolute Gasteiger partial charge is 0.240 e. The van der Waals surface area contributed by atoms with Crippen molar-refractivity contribution in [2.75, 3.05) is 10.7 Å². The van der Waals surface area contributed by atoms with Crippen molar-refractivity contribution >= 4 is 35.0 Å². The molecular weight excluding hydrogens is 394 g/mol. The highest BCUT2D eigenvalue weighted by Crippen LogP contribution is 2.38. The first kappa shape index (κ1) is 18.8. The van der Waals surface area contributed by atoms with Gasteiger partial charge in [0.1, 0.15) is 5.25 Å². The van der Waals surface area contributed by atoms with E-state index >= 15 is 0 Å². The third kappa shape index (κ3) is 3.59. The van der Waals surface area contributed by atoms with Gasteiger partial charge in [0.05, 0.1) is 16.8 Å². The summed E-state index contributed by atoms with van der Waals surface area (Å²) < 4.78 is 1.88. The second kappa shape index (κ2) is 7.85. The fraction of sp³-hybridized carbons (Fsp3) is 0.250. The van der Waals surface area contributed by atoms with Gasteiger partial charge in [0, 0.05) is 6.42 Å². The van der Waals surface area contributed by atoms with E-state index in [-0.39, 0.29) is 11.9 Å². The Morgan fingerprint density at radius 2 is 1.96 bits per heavy atom. The minimum absolute atomic E-state index is 0.136. The quantitative estimate of drug-likeness (QED) is 0.670. The molecule has 2 N–H and O–H groups in total. The molecule has 0 fully saturated rings. The number of benzene rings is 2. The van der Waals surface area contributed by atoms with Gasteiger partial charge in [-0.2, -0.15) is 0 Å². The highest BCUT2D eigenvalue weighted by atomic mass is 35.5. The number of thioether (sulfide) groups is 1. The molecule has 0 radical (unpaired) electrons. The Labute approximate surface area is 172 Å². The molecule has 4 rings (SSSR count). The summed E-state index contributed by atoms with van der Waals surface area (Å²) in [5, 5.41) is 12.2. The Balaban J connectivity index is 1.68. The lowest BCUT2D eigenvalue weighted by Crippen LogP contribution is -2.41. The van der Waals surface area contributed by atoms with Crippen LogP contribution in [0.5, 0.6) is 0 Å². The molecule has 28 heavy (non-hydrogen) atoms. The van der Waals surface area contributed by atoms with Crippen LogP contribution in [0.1, 0.15) is 29.9 Å². The maximum absolute atomic E-state index is 13.2. The predicted molar refractivity (Wildman–Crippen MR) is 112 cm³/mol. The number of fused-ring (bicyclic) bond motifs is 1. The molecule has 0 saturated heterocycles. The number of anilines is 1. The predicted octanol–water partition coefficient (Wildman–Crippen LogP) is 4.20. The molecule has 2 atom stereocenters. The first-order valence-corrected chi connectivity index (χ1v) is 10.3. The Hall–Kier alpha value is -2.51. The van der Waals surface area contributed by atoms with Gasteiger partial charge in [-0.05, 0) is 24.6 Å². The summed E-state index contributed by atoms with van der Waals surface area (Å²) >= 11 is 7.62.